The minimum Gasteiger partial charge on any atom is -0.343 e. The molecule has 11 heteroatoms. The monoisotopic (exact) mass is 449 g/mol. The van der Waals surface area contributed by atoms with E-state index in [-0.39, 0.29) is 22.6 Å². The maximum Gasteiger partial charge on any atom is 0.405 e. The molecule has 0 fully saturated rings. The number of nitrogens with one attached hydrogen (secondary N) is 3. The van der Waals surface area contributed by atoms with Crippen molar-refractivity contribution in [2.24, 2.45) is 0 Å². The summed E-state index contributed by atoms with van der Waals surface area (Å²) >= 11 is 5.21. The molecule has 0 unspecified atom stereocenters. The van der Waals surface area contributed by atoms with Crippen LogP contribution in [0.25, 0.3) is 11.4 Å². The van der Waals surface area contributed by atoms with Gasteiger partial charge in [-0.3, -0.25) is 19.3 Å². The number of para-hydroxylation sites is 1. The van der Waals surface area contributed by atoms with Crippen molar-refractivity contribution in [2.45, 2.75) is 19.6 Å². The number of halogens is 3. The van der Waals surface area contributed by atoms with E-state index in [0.717, 1.165) is 11.1 Å². The molecule has 0 atom stereocenters. The van der Waals surface area contributed by atoms with Crippen molar-refractivity contribution < 1.29 is 22.8 Å². The number of nitrogens with zero attached hydrogens (tertiary/aromatic N) is 2. The minimum atomic E-state index is -4.54. The molecular weight excluding hydrogens is 431 g/mol. The lowest BCUT2D eigenvalue weighted by atomic mass is 10.1. The van der Waals surface area contributed by atoms with Gasteiger partial charge < -0.3 is 10.6 Å². The lowest BCUT2D eigenvalue weighted by molar-refractivity contribution is -0.123. The summed E-state index contributed by atoms with van der Waals surface area (Å²) in [4.78, 5) is 24.8. The highest BCUT2D eigenvalue weighted by Gasteiger charge is 2.28. The largest absolute Gasteiger partial charge is 0.405 e. The number of H-pyrrole nitrogens is 1. The number of aromatic amines is 1. The number of hydrogen-bond donors (Lipinski definition) is 3. The van der Waals surface area contributed by atoms with Crippen LogP contribution in [-0.2, 0) is 11.3 Å². The summed E-state index contributed by atoms with van der Waals surface area (Å²) in [6, 6.07) is 13.3. The highest BCUT2D eigenvalue weighted by atomic mass is 32.1. The van der Waals surface area contributed by atoms with Crippen LogP contribution in [0, 0.1) is 11.7 Å². The van der Waals surface area contributed by atoms with Crippen molar-refractivity contribution in [2.75, 3.05) is 11.9 Å². The SMILES string of the molecule is Cc1ccc(-c2n[nH]c(=S)n2CC(=O)Nc2ccccc2C(=O)NCC(F)(F)F)cc1. The highest BCUT2D eigenvalue weighted by Crippen LogP contribution is 2.20. The summed E-state index contributed by atoms with van der Waals surface area (Å²) in [5.41, 5.74) is 1.80. The van der Waals surface area contributed by atoms with Gasteiger partial charge in [-0.15, -0.1) is 0 Å². The molecule has 3 aromatic rings. The van der Waals surface area contributed by atoms with Crippen molar-refractivity contribution in [3.8, 4) is 11.4 Å². The number of anilines is 1. The van der Waals surface area contributed by atoms with Gasteiger partial charge in [0.25, 0.3) is 5.91 Å². The molecule has 2 amide bonds. The van der Waals surface area contributed by atoms with Crippen LogP contribution in [0.15, 0.2) is 48.5 Å². The number of hydrogen-bond acceptors (Lipinski definition) is 4. The van der Waals surface area contributed by atoms with Crippen LogP contribution in [0.4, 0.5) is 18.9 Å². The normalized spacial score (nSPS) is 11.2. The zero-order chi connectivity index (χ0) is 22.6. The second-order valence-electron chi connectivity index (χ2n) is 6.70. The summed E-state index contributed by atoms with van der Waals surface area (Å²) in [5.74, 6) is -1.02. The average Bonchev–Trinajstić information content (AvgIpc) is 3.07. The van der Waals surface area contributed by atoms with Crippen molar-refractivity contribution in [1.29, 1.82) is 0 Å². The highest BCUT2D eigenvalue weighted by molar-refractivity contribution is 7.71. The van der Waals surface area contributed by atoms with Gasteiger partial charge in [-0.25, -0.2) is 0 Å². The molecule has 1 heterocycles. The number of aromatic nitrogens is 3. The average molecular weight is 449 g/mol. The van der Waals surface area contributed by atoms with Crippen LogP contribution in [0.3, 0.4) is 0 Å². The van der Waals surface area contributed by atoms with Gasteiger partial charge in [-0.1, -0.05) is 42.0 Å². The molecule has 2 aromatic carbocycles. The number of aryl methyl sites for hydroxylation is 1. The van der Waals surface area contributed by atoms with E-state index >= 15 is 0 Å². The van der Waals surface area contributed by atoms with Crippen LogP contribution < -0.4 is 10.6 Å². The molecule has 31 heavy (non-hydrogen) atoms. The van der Waals surface area contributed by atoms with E-state index in [1.165, 1.54) is 22.8 Å². The Balaban J connectivity index is 1.77. The van der Waals surface area contributed by atoms with Gasteiger partial charge in [0.15, 0.2) is 10.6 Å². The molecule has 0 aliphatic carbocycles. The molecular formula is C20H18F3N5O2S. The maximum absolute atomic E-state index is 12.6. The third kappa shape index (κ3) is 5.79. The molecule has 0 bridgehead atoms. The van der Waals surface area contributed by atoms with E-state index in [1.807, 2.05) is 31.2 Å². The number of carbonyl (C=O) groups excluding carboxylic acids is 2. The Hall–Kier alpha value is -3.47. The Morgan fingerprint density at radius 2 is 1.81 bits per heavy atom. The smallest absolute Gasteiger partial charge is 0.343 e. The van der Waals surface area contributed by atoms with Crippen LogP contribution >= 0.6 is 12.2 Å². The van der Waals surface area contributed by atoms with Gasteiger partial charge >= 0.3 is 6.18 Å². The first-order chi connectivity index (χ1) is 14.6. The van der Waals surface area contributed by atoms with Gasteiger partial charge in [-0.05, 0) is 31.3 Å². The maximum atomic E-state index is 12.6. The first-order valence-electron chi connectivity index (χ1n) is 9.10. The Labute approximate surface area is 180 Å². The van der Waals surface area contributed by atoms with E-state index in [1.54, 1.807) is 11.4 Å². The minimum absolute atomic E-state index is 0.0825. The molecule has 0 saturated carbocycles. The van der Waals surface area contributed by atoms with Crippen LogP contribution in [0.5, 0.6) is 0 Å². The predicted molar refractivity (Wildman–Crippen MR) is 111 cm³/mol. The Morgan fingerprint density at radius 1 is 1.13 bits per heavy atom. The molecule has 0 saturated heterocycles. The fourth-order valence-electron chi connectivity index (χ4n) is 2.79. The summed E-state index contributed by atoms with van der Waals surface area (Å²) in [6.45, 7) is 0.256. The first kappa shape index (κ1) is 22.2. The van der Waals surface area contributed by atoms with Crippen LogP contribution in [0.2, 0.25) is 0 Å². The molecule has 0 spiro atoms. The molecule has 0 aliphatic heterocycles. The van der Waals surface area contributed by atoms with Crippen LogP contribution in [-0.4, -0.2) is 39.3 Å². The van der Waals surface area contributed by atoms with Gasteiger partial charge in [-0.2, -0.15) is 18.3 Å². The second kappa shape index (κ2) is 9.13. The number of carbonyl (C=O) groups is 2. The fourth-order valence-corrected chi connectivity index (χ4v) is 2.98. The lowest BCUT2D eigenvalue weighted by Crippen LogP contribution is -2.34. The number of benzene rings is 2. The van der Waals surface area contributed by atoms with Gasteiger partial charge in [0, 0.05) is 5.56 Å². The molecule has 3 rings (SSSR count). The van der Waals surface area contributed by atoms with Crippen LogP contribution in [0.1, 0.15) is 15.9 Å². The van der Waals surface area contributed by atoms with Crippen molar-refractivity contribution in [3.63, 3.8) is 0 Å². The van der Waals surface area contributed by atoms with E-state index < -0.39 is 24.5 Å². The number of alkyl halides is 3. The molecule has 0 aliphatic rings. The van der Waals surface area contributed by atoms with E-state index in [2.05, 4.69) is 15.5 Å². The molecule has 162 valence electrons. The topological polar surface area (TPSA) is 91.8 Å². The standard InChI is InChI=1S/C20H18F3N5O2S/c1-12-6-8-13(9-7-12)17-26-27-19(31)28(17)10-16(29)25-15-5-3-2-4-14(15)18(30)24-11-20(21,22)23/h2-9H,10-11H2,1H3,(H,24,30)(H,25,29)(H,27,31). The zero-order valence-corrected chi connectivity index (χ0v) is 17.1. The van der Waals surface area contributed by atoms with Crippen molar-refractivity contribution in [3.05, 3.63) is 64.4 Å². The lowest BCUT2D eigenvalue weighted by Gasteiger charge is -2.13. The fraction of sp³-hybridized carbons (Fsp3) is 0.200. The Morgan fingerprint density at radius 3 is 2.48 bits per heavy atom. The van der Waals surface area contributed by atoms with Gasteiger partial charge in [0.05, 0.1) is 11.3 Å². The summed E-state index contributed by atoms with van der Waals surface area (Å²) in [6.07, 6.45) is -4.54. The van der Waals surface area contributed by atoms with Crippen molar-refractivity contribution in [1.82, 2.24) is 20.1 Å². The van der Waals surface area contributed by atoms with Gasteiger partial charge in [0.2, 0.25) is 5.91 Å². The molecule has 1 aromatic heterocycles. The molecule has 7 nitrogen and oxygen atoms in total. The van der Waals surface area contributed by atoms with E-state index in [9.17, 15) is 22.8 Å². The Bertz CT molecular complexity index is 1150. The first-order valence-corrected chi connectivity index (χ1v) is 9.51. The van der Waals surface area contributed by atoms with E-state index in [4.69, 9.17) is 12.2 Å². The van der Waals surface area contributed by atoms with Crippen molar-refractivity contribution >= 4 is 29.7 Å². The van der Waals surface area contributed by atoms with E-state index in [0.29, 0.717) is 5.82 Å². The quantitative estimate of drug-likeness (QED) is 0.499. The molecule has 0 radical (unpaired) electrons. The third-order valence-corrected chi connectivity index (χ3v) is 4.58. The summed E-state index contributed by atoms with van der Waals surface area (Å²) in [7, 11) is 0. The zero-order valence-electron chi connectivity index (χ0n) is 16.3. The van der Waals surface area contributed by atoms with Gasteiger partial charge in [0.1, 0.15) is 13.1 Å². The summed E-state index contributed by atoms with van der Waals surface area (Å²) < 4.78 is 38.9. The molecule has 3 N–H and O–H groups in total. The Kier molecular flexibility index (Phi) is 6.54. The predicted octanol–water partition coefficient (Wildman–Crippen LogP) is 3.85. The number of amides is 2. The third-order valence-electron chi connectivity index (χ3n) is 4.26. The summed E-state index contributed by atoms with van der Waals surface area (Å²) in [5, 5.41) is 11.2. The number of rotatable bonds is 6. The second-order valence-corrected chi connectivity index (χ2v) is 7.08.